The molecule has 0 aliphatic rings. The van der Waals surface area contributed by atoms with Gasteiger partial charge in [-0.25, -0.2) is 10.1 Å². The number of hydrogen-bond acceptors (Lipinski definition) is 6. The van der Waals surface area contributed by atoms with E-state index >= 15 is 0 Å². The van der Waals surface area contributed by atoms with Gasteiger partial charge in [-0.05, 0) is 48.9 Å². The number of para-hydroxylation sites is 1. The number of rotatable bonds is 6. The molecule has 4 aromatic rings. The summed E-state index contributed by atoms with van der Waals surface area (Å²) in [6.07, 6.45) is 1.56. The molecular weight excluding hydrogens is 400 g/mol. The fourth-order valence-corrected chi connectivity index (χ4v) is 4.13. The van der Waals surface area contributed by atoms with Gasteiger partial charge in [-0.2, -0.15) is 10.2 Å². The molecule has 152 valence electrons. The number of thiophene rings is 1. The Morgan fingerprint density at radius 3 is 2.60 bits per heavy atom. The van der Waals surface area contributed by atoms with Gasteiger partial charge in [0.15, 0.2) is 11.5 Å². The Morgan fingerprint density at radius 1 is 1.10 bits per heavy atom. The maximum Gasteiger partial charge on any atom is 0.281 e. The summed E-state index contributed by atoms with van der Waals surface area (Å²) in [7, 11) is 3.15. The number of carbonyl (C=O) groups is 1. The topological polar surface area (TPSA) is 77.7 Å². The van der Waals surface area contributed by atoms with Crippen LogP contribution >= 0.6 is 11.3 Å². The van der Waals surface area contributed by atoms with Gasteiger partial charge in [-0.3, -0.25) is 4.79 Å². The van der Waals surface area contributed by atoms with Crippen molar-refractivity contribution in [3.8, 4) is 17.2 Å². The van der Waals surface area contributed by atoms with Gasteiger partial charge in [0.25, 0.3) is 5.91 Å². The number of ether oxygens (including phenoxy) is 2. The number of amides is 1. The lowest BCUT2D eigenvalue weighted by Crippen LogP contribution is -2.16. The fourth-order valence-electron chi connectivity index (χ4n) is 3.06. The molecular formula is C22H20N4O3S. The number of fused-ring (bicyclic) bond motifs is 1. The van der Waals surface area contributed by atoms with E-state index < -0.39 is 0 Å². The van der Waals surface area contributed by atoms with Gasteiger partial charge < -0.3 is 9.47 Å². The fraction of sp³-hybridized carbons (Fsp3) is 0.136. The highest BCUT2D eigenvalue weighted by molar-refractivity contribution is 7.20. The van der Waals surface area contributed by atoms with Crippen LogP contribution in [0.2, 0.25) is 0 Å². The molecule has 2 heterocycles. The van der Waals surface area contributed by atoms with Gasteiger partial charge in [0.2, 0.25) is 0 Å². The quantitative estimate of drug-likeness (QED) is 0.375. The molecule has 2 aromatic heterocycles. The average molecular weight is 420 g/mol. The summed E-state index contributed by atoms with van der Waals surface area (Å²) in [5.41, 5.74) is 5.19. The summed E-state index contributed by atoms with van der Waals surface area (Å²) in [6.45, 7) is 1.94. The van der Waals surface area contributed by atoms with Crippen LogP contribution < -0.4 is 14.9 Å². The number of nitrogens with zero attached hydrogens (tertiary/aromatic N) is 3. The Morgan fingerprint density at radius 2 is 1.87 bits per heavy atom. The molecule has 0 radical (unpaired) electrons. The minimum atomic E-state index is -0.271. The molecule has 4 rings (SSSR count). The van der Waals surface area contributed by atoms with Crippen LogP contribution in [-0.2, 0) is 0 Å². The van der Waals surface area contributed by atoms with Crippen LogP contribution in [0.1, 0.15) is 20.9 Å². The second-order valence-electron chi connectivity index (χ2n) is 6.48. The first kappa shape index (κ1) is 19.7. The number of hydrogen-bond donors (Lipinski definition) is 1. The standard InChI is InChI=1S/C22H20N4O3S/c1-14-17-12-20(30-22(17)26(25-14)16-7-5-4-6-8-16)21(27)24-23-13-15-9-10-18(28-2)19(11-15)29-3/h4-13H,1-3H3,(H,24,27)/b23-13-. The van der Waals surface area contributed by atoms with E-state index in [1.165, 1.54) is 11.3 Å². The molecule has 0 aliphatic carbocycles. The molecule has 30 heavy (non-hydrogen) atoms. The molecule has 0 fully saturated rings. The number of benzene rings is 2. The van der Waals surface area contributed by atoms with E-state index in [4.69, 9.17) is 9.47 Å². The first-order valence-corrected chi connectivity index (χ1v) is 10.0. The number of carbonyl (C=O) groups excluding carboxylic acids is 1. The summed E-state index contributed by atoms with van der Waals surface area (Å²) in [4.78, 5) is 14.1. The molecule has 7 nitrogen and oxygen atoms in total. The molecule has 0 unspecified atom stereocenters. The third-order valence-electron chi connectivity index (χ3n) is 4.56. The third kappa shape index (κ3) is 3.77. The van der Waals surface area contributed by atoms with Crippen molar-refractivity contribution in [2.45, 2.75) is 6.92 Å². The number of hydrazone groups is 1. The molecule has 0 aliphatic heterocycles. The van der Waals surface area contributed by atoms with E-state index in [2.05, 4.69) is 15.6 Å². The first-order valence-electron chi connectivity index (χ1n) is 9.20. The van der Waals surface area contributed by atoms with Gasteiger partial charge in [-0.1, -0.05) is 18.2 Å². The highest BCUT2D eigenvalue weighted by Gasteiger charge is 2.16. The predicted octanol–water partition coefficient (Wildman–Crippen LogP) is 4.18. The van der Waals surface area contributed by atoms with Crippen LogP contribution in [0.3, 0.4) is 0 Å². The Hall–Kier alpha value is -3.65. The summed E-state index contributed by atoms with van der Waals surface area (Å²) in [5, 5.41) is 9.62. The Labute approximate surface area is 177 Å². The molecule has 0 saturated heterocycles. The van der Waals surface area contributed by atoms with E-state index in [-0.39, 0.29) is 5.91 Å². The summed E-state index contributed by atoms with van der Waals surface area (Å²) < 4.78 is 12.4. The zero-order valence-electron chi connectivity index (χ0n) is 16.7. The SMILES string of the molecule is COc1ccc(/C=N\NC(=O)c2cc3c(C)nn(-c4ccccc4)c3s2)cc1OC. The molecule has 0 atom stereocenters. The van der Waals surface area contributed by atoms with Crippen molar-refractivity contribution in [1.29, 1.82) is 0 Å². The number of aromatic nitrogens is 2. The van der Waals surface area contributed by atoms with Gasteiger partial charge in [0, 0.05) is 5.39 Å². The predicted molar refractivity (Wildman–Crippen MR) is 118 cm³/mol. The summed E-state index contributed by atoms with van der Waals surface area (Å²) >= 11 is 1.38. The van der Waals surface area contributed by atoms with E-state index in [1.807, 2.05) is 54.1 Å². The van der Waals surface area contributed by atoms with Gasteiger partial charge in [-0.15, -0.1) is 11.3 Å². The molecule has 2 aromatic carbocycles. The minimum absolute atomic E-state index is 0.271. The van der Waals surface area contributed by atoms with Crippen molar-refractivity contribution < 1.29 is 14.3 Å². The first-order chi connectivity index (χ1) is 14.6. The maximum absolute atomic E-state index is 12.6. The monoisotopic (exact) mass is 420 g/mol. The minimum Gasteiger partial charge on any atom is -0.493 e. The van der Waals surface area contributed by atoms with Crippen molar-refractivity contribution in [2.75, 3.05) is 14.2 Å². The maximum atomic E-state index is 12.6. The van der Waals surface area contributed by atoms with Crippen LogP contribution in [0.4, 0.5) is 0 Å². The van der Waals surface area contributed by atoms with Crippen molar-refractivity contribution >= 4 is 33.7 Å². The molecule has 0 bridgehead atoms. The van der Waals surface area contributed by atoms with Crippen molar-refractivity contribution in [3.63, 3.8) is 0 Å². The molecule has 0 spiro atoms. The highest BCUT2D eigenvalue weighted by Crippen LogP contribution is 2.30. The zero-order valence-corrected chi connectivity index (χ0v) is 17.6. The van der Waals surface area contributed by atoms with E-state index in [0.717, 1.165) is 27.2 Å². The van der Waals surface area contributed by atoms with E-state index in [9.17, 15) is 4.79 Å². The second kappa shape index (κ2) is 8.38. The Balaban J connectivity index is 1.53. The molecule has 1 amide bonds. The van der Waals surface area contributed by atoms with Crippen molar-refractivity contribution in [1.82, 2.24) is 15.2 Å². The number of methoxy groups -OCH3 is 2. The van der Waals surface area contributed by atoms with Crippen LogP contribution in [0.15, 0.2) is 59.7 Å². The van der Waals surface area contributed by atoms with Gasteiger partial charge in [0.05, 0.1) is 36.7 Å². The van der Waals surface area contributed by atoms with E-state index in [1.54, 1.807) is 32.6 Å². The Kier molecular flexibility index (Phi) is 5.49. The summed E-state index contributed by atoms with van der Waals surface area (Å²) in [5.74, 6) is 0.956. The van der Waals surface area contributed by atoms with Crippen LogP contribution in [0, 0.1) is 6.92 Å². The number of nitrogens with one attached hydrogen (secondary N) is 1. The summed E-state index contributed by atoms with van der Waals surface area (Å²) in [6, 6.07) is 17.1. The lowest BCUT2D eigenvalue weighted by Gasteiger charge is -2.07. The zero-order chi connectivity index (χ0) is 21.1. The van der Waals surface area contributed by atoms with Crippen LogP contribution in [-0.4, -0.2) is 36.1 Å². The van der Waals surface area contributed by atoms with Crippen molar-refractivity contribution in [2.24, 2.45) is 5.10 Å². The van der Waals surface area contributed by atoms with Gasteiger partial charge in [0.1, 0.15) is 4.83 Å². The Bertz CT molecular complexity index is 1230. The molecule has 8 heteroatoms. The molecule has 0 saturated carbocycles. The molecule has 1 N–H and O–H groups in total. The largest absolute Gasteiger partial charge is 0.493 e. The smallest absolute Gasteiger partial charge is 0.281 e. The highest BCUT2D eigenvalue weighted by atomic mass is 32.1. The van der Waals surface area contributed by atoms with E-state index in [0.29, 0.717) is 16.4 Å². The lowest BCUT2D eigenvalue weighted by atomic mass is 10.2. The van der Waals surface area contributed by atoms with Crippen LogP contribution in [0.5, 0.6) is 11.5 Å². The second-order valence-corrected chi connectivity index (χ2v) is 7.51. The van der Waals surface area contributed by atoms with Crippen molar-refractivity contribution in [3.05, 3.63) is 70.7 Å². The average Bonchev–Trinajstić information content (AvgIpc) is 3.35. The van der Waals surface area contributed by atoms with Gasteiger partial charge >= 0.3 is 0 Å². The van der Waals surface area contributed by atoms with Crippen LogP contribution in [0.25, 0.3) is 15.9 Å². The normalized spacial score (nSPS) is 11.2. The lowest BCUT2D eigenvalue weighted by molar-refractivity contribution is 0.0959. The third-order valence-corrected chi connectivity index (χ3v) is 5.67. The number of aryl methyl sites for hydroxylation is 1.